The van der Waals surface area contributed by atoms with Crippen molar-refractivity contribution in [3.8, 4) is 0 Å². The monoisotopic (exact) mass is 310 g/mol. The molecule has 0 aliphatic heterocycles. The fourth-order valence-electron chi connectivity index (χ4n) is 3.98. The van der Waals surface area contributed by atoms with Gasteiger partial charge in [-0.05, 0) is 38.5 Å². The van der Waals surface area contributed by atoms with E-state index in [1.54, 1.807) is 0 Å². The minimum absolute atomic E-state index is 0.141. The van der Waals surface area contributed by atoms with Crippen molar-refractivity contribution in [2.45, 2.75) is 20.8 Å². The normalized spacial score (nSPS) is 28.0. The average molecular weight is 310 g/mol. The van der Waals surface area contributed by atoms with E-state index < -0.39 is 17.8 Å². The Morgan fingerprint density at radius 2 is 1.74 bits per heavy atom. The van der Waals surface area contributed by atoms with E-state index in [1.165, 1.54) is 0 Å². The number of hydrogen-bond donors (Lipinski definition) is 1. The van der Waals surface area contributed by atoms with Gasteiger partial charge in [-0.2, -0.15) is 0 Å². The maximum Gasteiger partial charge on any atom is 0.229 e. The summed E-state index contributed by atoms with van der Waals surface area (Å²) in [5.41, 5.74) is 3.88. The molecule has 1 aromatic carbocycles. The van der Waals surface area contributed by atoms with Crippen molar-refractivity contribution in [1.82, 2.24) is 0 Å². The number of nitrogens with one attached hydrogen (secondary N) is 1. The molecule has 2 bridgehead atoms. The molecule has 1 N–H and O–H groups in total. The Labute approximate surface area is 135 Å². The van der Waals surface area contributed by atoms with Crippen molar-refractivity contribution in [1.29, 1.82) is 0 Å². The Balaban J connectivity index is 1.91. The van der Waals surface area contributed by atoms with Gasteiger partial charge < -0.3 is 15.2 Å². The molecular formula is C19H20NO3-. The molecule has 0 spiro atoms. The zero-order valence-corrected chi connectivity index (χ0v) is 13.5. The van der Waals surface area contributed by atoms with Crippen LogP contribution in [0.1, 0.15) is 19.4 Å². The standard InChI is InChI=1S/C19H21NO3/c1-10(2)15-13-7-8-14(15)17(19(22)23)16(13)18(21)20-12-6-4-5-11(3)9-12/h4-9,13-14,16-17H,1-3H3,(H,20,21)(H,22,23)/p-1/t13-,14-,16-,17+/m1/s1. The minimum Gasteiger partial charge on any atom is -0.550 e. The second kappa shape index (κ2) is 5.69. The van der Waals surface area contributed by atoms with Crippen molar-refractivity contribution in [3.05, 3.63) is 53.1 Å². The lowest BCUT2D eigenvalue weighted by Gasteiger charge is -2.27. The quantitative estimate of drug-likeness (QED) is 0.869. The molecule has 1 saturated carbocycles. The van der Waals surface area contributed by atoms with Gasteiger partial charge in [0.15, 0.2) is 0 Å². The lowest BCUT2D eigenvalue weighted by Crippen LogP contribution is -2.42. The molecule has 4 atom stereocenters. The van der Waals surface area contributed by atoms with E-state index >= 15 is 0 Å². The highest BCUT2D eigenvalue weighted by molar-refractivity contribution is 5.97. The number of hydrogen-bond acceptors (Lipinski definition) is 3. The van der Waals surface area contributed by atoms with Gasteiger partial charge in [0, 0.05) is 29.4 Å². The Morgan fingerprint density at radius 1 is 1.09 bits per heavy atom. The van der Waals surface area contributed by atoms with Crippen LogP contribution in [0.5, 0.6) is 0 Å². The van der Waals surface area contributed by atoms with Gasteiger partial charge in [-0.3, -0.25) is 4.79 Å². The Kier molecular flexibility index (Phi) is 3.84. The van der Waals surface area contributed by atoms with Crippen molar-refractivity contribution in [3.63, 3.8) is 0 Å². The summed E-state index contributed by atoms with van der Waals surface area (Å²) < 4.78 is 0. The highest BCUT2D eigenvalue weighted by atomic mass is 16.4. The molecule has 3 rings (SSSR count). The fourth-order valence-corrected chi connectivity index (χ4v) is 3.98. The van der Waals surface area contributed by atoms with E-state index in [0.29, 0.717) is 5.69 Å². The summed E-state index contributed by atoms with van der Waals surface area (Å²) in [5, 5.41) is 14.5. The van der Waals surface area contributed by atoms with E-state index in [4.69, 9.17) is 0 Å². The van der Waals surface area contributed by atoms with Crippen LogP contribution in [0.15, 0.2) is 47.6 Å². The summed E-state index contributed by atoms with van der Waals surface area (Å²) in [6, 6.07) is 7.49. The lowest BCUT2D eigenvalue weighted by atomic mass is 9.82. The first-order valence-electron chi connectivity index (χ1n) is 7.84. The number of aliphatic carboxylic acids is 1. The molecule has 2 aliphatic rings. The van der Waals surface area contributed by atoms with E-state index in [2.05, 4.69) is 5.32 Å². The predicted molar refractivity (Wildman–Crippen MR) is 86.3 cm³/mol. The van der Waals surface area contributed by atoms with Crippen LogP contribution in [0, 0.1) is 30.6 Å². The maximum absolute atomic E-state index is 12.7. The summed E-state index contributed by atoms with van der Waals surface area (Å²) in [4.78, 5) is 24.4. The average Bonchev–Trinajstić information content (AvgIpc) is 3.02. The van der Waals surface area contributed by atoms with E-state index in [0.717, 1.165) is 16.7 Å². The van der Waals surface area contributed by atoms with Crippen molar-refractivity contribution >= 4 is 17.6 Å². The number of benzene rings is 1. The molecule has 2 aliphatic carbocycles. The van der Waals surface area contributed by atoms with Crippen molar-refractivity contribution in [2.75, 3.05) is 5.32 Å². The largest absolute Gasteiger partial charge is 0.550 e. The first kappa shape index (κ1) is 15.5. The van der Waals surface area contributed by atoms with Gasteiger partial charge in [-0.25, -0.2) is 0 Å². The molecule has 23 heavy (non-hydrogen) atoms. The first-order valence-corrected chi connectivity index (χ1v) is 7.84. The maximum atomic E-state index is 12.7. The Hall–Kier alpha value is -2.36. The molecule has 4 nitrogen and oxygen atoms in total. The molecule has 0 heterocycles. The zero-order valence-electron chi connectivity index (χ0n) is 13.5. The third-order valence-corrected chi connectivity index (χ3v) is 4.84. The topological polar surface area (TPSA) is 69.2 Å². The molecule has 120 valence electrons. The van der Waals surface area contributed by atoms with Crippen LogP contribution >= 0.6 is 0 Å². The van der Waals surface area contributed by atoms with Gasteiger partial charge in [0.25, 0.3) is 0 Å². The minimum atomic E-state index is -1.15. The van der Waals surface area contributed by atoms with Gasteiger partial charge in [-0.15, -0.1) is 0 Å². The number of fused-ring (bicyclic) bond motifs is 2. The highest BCUT2D eigenvalue weighted by Gasteiger charge is 2.52. The number of rotatable bonds is 3. The second-order valence-electron chi connectivity index (χ2n) is 6.62. The van der Waals surface area contributed by atoms with Gasteiger partial charge in [0.05, 0.1) is 5.92 Å². The Morgan fingerprint density at radius 3 is 2.30 bits per heavy atom. The molecular weight excluding hydrogens is 290 g/mol. The van der Waals surface area contributed by atoms with Gasteiger partial charge >= 0.3 is 0 Å². The number of aryl methyl sites for hydroxylation is 1. The lowest BCUT2D eigenvalue weighted by molar-refractivity contribution is -0.313. The SMILES string of the molecule is CC(C)=C1[C@H]2C=C[C@H]1[C@@H](C(=O)Nc1cccc(C)c1)[C@H]2C(=O)[O-]. The third-order valence-electron chi connectivity index (χ3n) is 4.84. The Bertz CT molecular complexity index is 728. The van der Waals surface area contributed by atoms with E-state index in [9.17, 15) is 14.7 Å². The number of anilines is 1. The van der Waals surface area contributed by atoms with Crippen LogP contribution in [0.25, 0.3) is 0 Å². The van der Waals surface area contributed by atoms with E-state index in [1.807, 2.05) is 57.2 Å². The van der Waals surface area contributed by atoms with E-state index in [-0.39, 0.29) is 17.7 Å². The zero-order chi connectivity index (χ0) is 16.7. The van der Waals surface area contributed by atoms with Crippen LogP contribution in [0.3, 0.4) is 0 Å². The highest BCUT2D eigenvalue weighted by Crippen LogP contribution is 2.53. The number of carboxylic acids is 1. The smallest absolute Gasteiger partial charge is 0.229 e. The molecule has 1 amide bonds. The molecule has 0 aromatic heterocycles. The van der Waals surface area contributed by atoms with Crippen LogP contribution in [-0.4, -0.2) is 11.9 Å². The number of allylic oxidation sites excluding steroid dienone is 4. The predicted octanol–water partition coefficient (Wildman–Crippen LogP) is 2.07. The molecule has 1 fully saturated rings. The number of carbonyl (C=O) groups is 2. The number of carbonyl (C=O) groups excluding carboxylic acids is 2. The van der Waals surface area contributed by atoms with Crippen molar-refractivity contribution < 1.29 is 14.7 Å². The molecule has 1 aromatic rings. The summed E-state index contributed by atoms with van der Waals surface area (Å²) in [6.45, 7) is 5.88. The summed E-state index contributed by atoms with van der Waals surface area (Å²) >= 11 is 0. The molecule has 0 radical (unpaired) electrons. The summed E-state index contributed by atoms with van der Waals surface area (Å²) in [7, 11) is 0. The van der Waals surface area contributed by atoms with Gasteiger partial charge in [0.1, 0.15) is 0 Å². The first-order chi connectivity index (χ1) is 10.9. The molecule has 4 heteroatoms. The molecule has 0 saturated heterocycles. The summed E-state index contributed by atoms with van der Waals surface area (Å²) in [5.74, 6) is -3.16. The van der Waals surface area contributed by atoms with Crippen LogP contribution in [-0.2, 0) is 9.59 Å². The van der Waals surface area contributed by atoms with Gasteiger partial charge in [-0.1, -0.05) is 35.4 Å². The summed E-state index contributed by atoms with van der Waals surface area (Å²) in [6.07, 6.45) is 3.87. The van der Waals surface area contributed by atoms with Crippen LogP contribution < -0.4 is 10.4 Å². The number of carboxylic acid groups (broad SMARTS) is 1. The van der Waals surface area contributed by atoms with Crippen molar-refractivity contribution in [2.24, 2.45) is 23.7 Å². The fraction of sp³-hybridized carbons (Fsp3) is 0.368. The van der Waals surface area contributed by atoms with Crippen LogP contribution in [0.2, 0.25) is 0 Å². The van der Waals surface area contributed by atoms with Gasteiger partial charge in [0.2, 0.25) is 5.91 Å². The second-order valence-corrected chi connectivity index (χ2v) is 6.62. The third kappa shape index (κ3) is 2.58. The van der Waals surface area contributed by atoms with Crippen LogP contribution in [0.4, 0.5) is 5.69 Å². The molecule has 0 unspecified atom stereocenters. The number of amides is 1.